The molecule has 0 aliphatic carbocycles. The van der Waals surface area contributed by atoms with E-state index in [1.165, 1.54) is 12.1 Å². The van der Waals surface area contributed by atoms with Crippen molar-refractivity contribution in [2.45, 2.75) is 20.4 Å². The Morgan fingerprint density at radius 3 is 2.69 bits per heavy atom. The molecule has 0 fully saturated rings. The van der Waals surface area contributed by atoms with Crippen LogP contribution in [-0.4, -0.2) is 30.3 Å². The third-order valence-corrected chi connectivity index (χ3v) is 5.20. The topological polar surface area (TPSA) is 85.6 Å². The molecule has 9 heteroatoms. The van der Waals surface area contributed by atoms with E-state index in [4.69, 9.17) is 0 Å². The molecule has 0 aliphatic heterocycles. The maximum Gasteiger partial charge on any atom is 0.270 e. The summed E-state index contributed by atoms with van der Waals surface area (Å²) in [4.78, 5) is 17.1. The van der Waals surface area contributed by atoms with E-state index in [-0.39, 0.29) is 11.7 Å². The summed E-state index contributed by atoms with van der Waals surface area (Å²) in [6, 6.07) is 9.85. The number of pyridine rings is 1. The molecule has 0 spiro atoms. The van der Waals surface area contributed by atoms with Crippen LogP contribution in [-0.2, 0) is 6.54 Å². The summed E-state index contributed by atoms with van der Waals surface area (Å²) in [5.74, 6) is -0.188. The number of hydrogen-bond donors (Lipinski definition) is 1. The largest absolute Gasteiger partial charge is 0.306 e. The Kier molecular flexibility index (Phi) is 5.13. The molecule has 1 N–H and O–H groups in total. The first-order valence-electron chi connectivity index (χ1n) is 8.95. The van der Waals surface area contributed by atoms with Crippen molar-refractivity contribution in [1.29, 1.82) is 0 Å². The molecule has 3 heterocycles. The van der Waals surface area contributed by atoms with Crippen LogP contribution in [0.15, 0.2) is 48.8 Å². The van der Waals surface area contributed by atoms with Gasteiger partial charge in [0.1, 0.15) is 22.2 Å². The Balaban J connectivity index is 1.69. The van der Waals surface area contributed by atoms with Crippen molar-refractivity contribution in [2.75, 3.05) is 5.32 Å². The van der Waals surface area contributed by atoms with Crippen molar-refractivity contribution in [2.24, 2.45) is 0 Å². The number of amides is 1. The lowest BCUT2D eigenvalue weighted by atomic mass is 10.0. The molecule has 146 valence electrons. The number of rotatable bonds is 5. The number of anilines is 1. The summed E-state index contributed by atoms with van der Waals surface area (Å²) in [7, 11) is 0. The zero-order valence-corrected chi connectivity index (χ0v) is 16.6. The Labute approximate surface area is 170 Å². The molecular weight excluding hydrogens is 391 g/mol. The van der Waals surface area contributed by atoms with Gasteiger partial charge in [-0.2, -0.15) is 5.10 Å². The van der Waals surface area contributed by atoms with Crippen LogP contribution in [0.4, 0.5) is 10.2 Å². The molecule has 4 aromatic rings. The Hall–Kier alpha value is -3.46. The fraction of sp³-hybridized carbons (Fsp3) is 0.150. The van der Waals surface area contributed by atoms with Crippen molar-refractivity contribution < 1.29 is 9.18 Å². The van der Waals surface area contributed by atoms with E-state index >= 15 is 0 Å². The predicted octanol–water partition coefficient (Wildman–Crippen LogP) is 4.18. The average Bonchev–Trinajstić information content (AvgIpc) is 3.35. The van der Waals surface area contributed by atoms with Gasteiger partial charge < -0.3 is 5.32 Å². The lowest BCUT2D eigenvalue weighted by Crippen LogP contribution is -2.12. The molecule has 0 radical (unpaired) electrons. The summed E-state index contributed by atoms with van der Waals surface area (Å²) < 4.78 is 18.9. The minimum absolute atomic E-state index is 0.299. The fourth-order valence-electron chi connectivity index (χ4n) is 2.89. The van der Waals surface area contributed by atoms with E-state index in [1.54, 1.807) is 31.3 Å². The van der Waals surface area contributed by atoms with Gasteiger partial charge in [0.05, 0.1) is 5.69 Å². The normalized spacial score (nSPS) is 10.9. The molecule has 0 saturated carbocycles. The molecule has 0 saturated heterocycles. The van der Waals surface area contributed by atoms with E-state index < -0.39 is 0 Å². The molecular formula is C20H17FN6OS. The first kappa shape index (κ1) is 18.9. The van der Waals surface area contributed by atoms with Crippen LogP contribution >= 0.6 is 11.5 Å². The average molecular weight is 408 g/mol. The quantitative estimate of drug-likeness (QED) is 0.535. The third-order valence-electron chi connectivity index (χ3n) is 4.37. The molecule has 1 aromatic carbocycles. The summed E-state index contributed by atoms with van der Waals surface area (Å²) in [5, 5.41) is 11.3. The van der Waals surface area contributed by atoms with Crippen LogP contribution in [0, 0.1) is 12.7 Å². The number of aromatic nitrogens is 5. The van der Waals surface area contributed by atoms with E-state index in [9.17, 15) is 9.18 Å². The standard InChI is InChI=1S/C20H17FN6OS/c1-3-27-11-16(18(25-27)13-4-6-15(21)7-5-13)14-8-9-22-17(10-14)23-20(28)19-12(2)24-26-29-19/h4-11H,3H2,1-2H3,(H,22,23,28). The lowest BCUT2D eigenvalue weighted by molar-refractivity contribution is 0.102. The summed E-state index contributed by atoms with van der Waals surface area (Å²) >= 11 is 1.04. The van der Waals surface area contributed by atoms with Crippen LogP contribution in [0.2, 0.25) is 0 Å². The number of hydrogen-bond acceptors (Lipinski definition) is 6. The van der Waals surface area contributed by atoms with Crippen LogP contribution in [0.3, 0.4) is 0 Å². The van der Waals surface area contributed by atoms with E-state index in [2.05, 4.69) is 25.0 Å². The molecule has 1 amide bonds. The second-order valence-corrected chi connectivity index (χ2v) is 7.08. The van der Waals surface area contributed by atoms with Gasteiger partial charge in [-0.1, -0.05) is 4.49 Å². The van der Waals surface area contributed by atoms with Gasteiger partial charge in [-0.25, -0.2) is 9.37 Å². The molecule has 0 unspecified atom stereocenters. The van der Waals surface area contributed by atoms with Crippen molar-refractivity contribution in [1.82, 2.24) is 24.4 Å². The number of nitrogens with one attached hydrogen (secondary N) is 1. The summed E-state index contributed by atoms with van der Waals surface area (Å²) in [6.45, 7) is 4.42. The maximum absolute atomic E-state index is 13.3. The van der Waals surface area contributed by atoms with Crippen molar-refractivity contribution >= 4 is 23.3 Å². The molecule has 0 aliphatic rings. The molecule has 4 rings (SSSR count). The van der Waals surface area contributed by atoms with Crippen molar-refractivity contribution in [3.63, 3.8) is 0 Å². The third kappa shape index (κ3) is 3.90. The first-order valence-corrected chi connectivity index (χ1v) is 9.72. The predicted molar refractivity (Wildman–Crippen MR) is 109 cm³/mol. The van der Waals surface area contributed by atoms with Crippen LogP contribution in [0.1, 0.15) is 22.3 Å². The Morgan fingerprint density at radius 2 is 2.00 bits per heavy atom. The number of benzene rings is 1. The van der Waals surface area contributed by atoms with E-state index in [0.717, 1.165) is 33.9 Å². The van der Waals surface area contributed by atoms with Crippen LogP contribution in [0.5, 0.6) is 0 Å². The number of nitrogens with zero attached hydrogens (tertiary/aromatic N) is 5. The highest BCUT2D eigenvalue weighted by Gasteiger charge is 2.16. The lowest BCUT2D eigenvalue weighted by Gasteiger charge is -2.06. The maximum atomic E-state index is 13.3. The van der Waals surface area contributed by atoms with Gasteiger partial charge in [0.25, 0.3) is 5.91 Å². The highest BCUT2D eigenvalue weighted by atomic mass is 32.1. The molecule has 7 nitrogen and oxygen atoms in total. The molecule has 0 bridgehead atoms. The van der Waals surface area contributed by atoms with E-state index in [1.807, 2.05) is 23.9 Å². The van der Waals surface area contributed by atoms with Crippen molar-refractivity contribution in [3.05, 3.63) is 65.2 Å². The number of aryl methyl sites for hydroxylation is 2. The second-order valence-electron chi connectivity index (χ2n) is 6.33. The highest BCUT2D eigenvalue weighted by molar-refractivity contribution is 7.08. The minimum Gasteiger partial charge on any atom is -0.306 e. The monoisotopic (exact) mass is 408 g/mol. The Bertz CT molecular complexity index is 1170. The SMILES string of the molecule is CCn1cc(-c2ccnc(NC(=O)c3snnc3C)c2)c(-c2ccc(F)cc2)n1. The first-order chi connectivity index (χ1) is 14.0. The van der Waals surface area contributed by atoms with Crippen LogP contribution < -0.4 is 5.32 Å². The van der Waals surface area contributed by atoms with Crippen LogP contribution in [0.25, 0.3) is 22.4 Å². The highest BCUT2D eigenvalue weighted by Crippen LogP contribution is 2.32. The smallest absolute Gasteiger partial charge is 0.270 e. The van der Waals surface area contributed by atoms with Gasteiger partial charge in [-0.05, 0) is 67.3 Å². The molecule has 0 atom stereocenters. The second kappa shape index (κ2) is 7.88. The summed E-state index contributed by atoms with van der Waals surface area (Å²) in [5.41, 5.74) is 3.83. The van der Waals surface area contributed by atoms with Gasteiger partial charge in [-0.15, -0.1) is 5.10 Å². The molecule has 3 aromatic heterocycles. The Morgan fingerprint density at radius 1 is 1.21 bits per heavy atom. The summed E-state index contributed by atoms with van der Waals surface area (Å²) in [6.07, 6.45) is 3.55. The number of carbonyl (C=O) groups is 1. The minimum atomic E-state index is -0.301. The van der Waals surface area contributed by atoms with Gasteiger partial charge in [0.15, 0.2) is 0 Å². The molecule has 29 heavy (non-hydrogen) atoms. The van der Waals surface area contributed by atoms with Gasteiger partial charge in [0, 0.05) is 30.1 Å². The fourth-order valence-corrected chi connectivity index (χ4v) is 3.45. The van der Waals surface area contributed by atoms with Crippen molar-refractivity contribution in [3.8, 4) is 22.4 Å². The van der Waals surface area contributed by atoms with Gasteiger partial charge >= 0.3 is 0 Å². The van der Waals surface area contributed by atoms with Gasteiger partial charge in [0.2, 0.25) is 0 Å². The zero-order valence-electron chi connectivity index (χ0n) is 15.8. The van der Waals surface area contributed by atoms with E-state index in [0.29, 0.717) is 22.9 Å². The zero-order chi connectivity index (χ0) is 20.4. The van der Waals surface area contributed by atoms with Gasteiger partial charge in [-0.3, -0.25) is 9.48 Å². The number of halogens is 1. The number of carbonyl (C=O) groups excluding carboxylic acids is 1.